The summed E-state index contributed by atoms with van der Waals surface area (Å²) >= 11 is 0. The minimum atomic E-state index is 0.648. The number of benzene rings is 1. The first kappa shape index (κ1) is 8.05. The lowest BCUT2D eigenvalue weighted by Crippen LogP contribution is -2.06. The van der Waals surface area contributed by atoms with Gasteiger partial charge in [-0.05, 0) is 30.4 Å². The standard InChI is InChI=1S/C14H14/c1-10-6-7-14-12(8-10)9-11-4-2-3-5-13(11)14/h2-8,12,14H,9H2,1H3. The SMILES string of the molecule is CC1=CC2Cc3ccccc3C2C=C1. The predicted octanol–water partition coefficient (Wildman–Crippen LogP) is 3.46. The predicted molar refractivity (Wildman–Crippen MR) is 59.3 cm³/mol. The number of hydrogen-bond acceptors (Lipinski definition) is 0. The Bertz CT molecular complexity index is 423. The summed E-state index contributed by atoms with van der Waals surface area (Å²) in [4.78, 5) is 0. The maximum absolute atomic E-state index is 2.42. The quantitative estimate of drug-likeness (QED) is 0.576. The topological polar surface area (TPSA) is 0 Å². The molecule has 0 saturated carbocycles. The molecule has 70 valence electrons. The lowest BCUT2D eigenvalue weighted by atomic mass is 9.87. The van der Waals surface area contributed by atoms with Gasteiger partial charge in [0.15, 0.2) is 0 Å². The van der Waals surface area contributed by atoms with Crippen LogP contribution in [0.4, 0.5) is 0 Å². The Morgan fingerprint density at radius 3 is 3.00 bits per heavy atom. The molecule has 0 saturated heterocycles. The van der Waals surface area contributed by atoms with Crippen molar-refractivity contribution in [3.05, 3.63) is 59.2 Å². The Labute approximate surface area is 85.0 Å². The van der Waals surface area contributed by atoms with Crippen LogP contribution in [0.3, 0.4) is 0 Å². The van der Waals surface area contributed by atoms with E-state index in [0.29, 0.717) is 5.92 Å². The average Bonchev–Trinajstić information content (AvgIpc) is 2.54. The van der Waals surface area contributed by atoms with Crippen molar-refractivity contribution in [3.8, 4) is 0 Å². The summed E-state index contributed by atoms with van der Waals surface area (Å²) in [7, 11) is 0. The number of rotatable bonds is 0. The van der Waals surface area contributed by atoms with E-state index in [1.165, 1.54) is 23.1 Å². The third-order valence-electron chi connectivity index (χ3n) is 3.37. The van der Waals surface area contributed by atoms with Crippen LogP contribution >= 0.6 is 0 Å². The van der Waals surface area contributed by atoms with Crippen molar-refractivity contribution in [2.75, 3.05) is 0 Å². The second-order valence-corrected chi connectivity index (χ2v) is 4.36. The molecule has 2 aliphatic carbocycles. The van der Waals surface area contributed by atoms with E-state index in [0.717, 1.165) is 5.92 Å². The molecule has 0 bridgehead atoms. The van der Waals surface area contributed by atoms with Gasteiger partial charge in [0.2, 0.25) is 0 Å². The van der Waals surface area contributed by atoms with Gasteiger partial charge in [-0.3, -0.25) is 0 Å². The first-order valence-electron chi connectivity index (χ1n) is 5.29. The summed E-state index contributed by atoms with van der Waals surface area (Å²) in [5.74, 6) is 1.37. The highest BCUT2D eigenvalue weighted by Crippen LogP contribution is 2.42. The van der Waals surface area contributed by atoms with Crippen LogP contribution in [0, 0.1) is 5.92 Å². The van der Waals surface area contributed by atoms with Crippen LogP contribution < -0.4 is 0 Å². The summed E-state index contributed by atoms with van der Waals surface area (Å²) in [6, 6.07) is 8.85. The Morgan fingerprint density at radius 2 is 2.07 bits per heavy atom. The van der Waals surface area contributed by atoms with Gasteiger partial charge >= 0.3 is 0 Å². The second kappa shape index (κ2) is 2.84. The normalized spacial score (nSPS) is 28.2. The van der Waals surface area contributed by atoms with Crippen LogP contribution in [-0.4, -0.2) is 0 Å². The molecule has 1 aromatic carbocycles. The molecule has 0 fully saturated rings. The Kier molecular flexibility index (Phi) is 1.63. The molecule has 3 rings (SSSR count). The second-order valence-electron chi connectivity index (χ2n) is 4.36. The maximum Gasteiger partial charge on any atom is 0.00901 e. The molecule has 0 nitrogen and oxygen atoms in total. The third kappa shape index (κ3) is 1.07. The molecule has 0 amide bonds. The van der Waals surface area contributed by atoms with E-state index in [9.17, 15) is 0 Å². The van der Waals surface area contributed by atoms with Crippen molar-refractivity contribution in [2.45, 2.75) is 19.3 Å². The van der Waals surface area contributed by atoms with E-state index in [1.54, 1.807) is 0 Å². The number of allylic oxidation sites excluding steroid dienone is 4. The highest BCUT2D eigenvalue weighted by molar-refractivity contribution is 5.44. The molecule has 14 heavy (non-hydrogen) atoms. The molecule has 0 spiro atoms. The lowest BCUT2D eigenvalue weighted by Gasteiger charge is -2.17. The van der Waals surface area contributed by atoms with E-state index in [2.05, 4.69) is 49.4 Å². The molecule has 0 aromatic heterocycles. The monoisotopic (exact) mass is 182 g/mol. The zero-order valence-corrected chi connectivity index (χ0v) is 8.40. The molecule has 0 aliphatic heterocycles. The Balaban J connectivity index is 2.08. The highest BCUT2D eigenvalue weighted by atomic mass is 14.3. The fraction of sp³-hybridized carbons (Fsp3) is 0.286. The summed E-state index contributed by atoms with van der Waals surface area (Å²) in [5, 5.41) is 0. The summed E-state index contributed by atoms with van der Waals surface area (Å²) in [6.45, 7) is 2.19. The number of fused-ring (bicyclic) bond motifs is 3. The van der Waals surface area contributed by atoms with Gasteiger partial charge in [0.1, 0.15) is 0 Å². The summed E-state index contributed by atoms with van der Waals surface area (Å²) in [5.41, 5.74) is 4.50. The largest absolute Gasteiger partial charge is 0.0772 e. The van der Waals surface area contributed by atoms with Crippen LogP contribution in [0.15, 0.2) is 48.1 Å². The summed E-state index contributed by atoms with van der Waals surface area (Å²) in [6.07, 6.45) is 8.27. The van der Waals surface area contributed by atoms with Gasteiger partial charge in [0.05, 0.1) is 0 Å². The van der Waals surface area contributed by atoms with Crippen molar-refractivity contribution in [1.29, 1.82) is 0 Å². The van der Waals surface area contributed by atoms with Crippen molar-refractivity contribution in [1.82, 2.24) is 0 Å². The van der Waals surface area contributed by atoms with Crippen LogP contribution in [0.1, 0.15) is 24.0 Å². The van der Waals surface area contributed by atoms with Crippen LogP contribution in [0.2, 0.25) is 0 Å². The minimum absolute atomic E-state index is 0.648. The van der Waals surface area contributed by atoms with Gasteiger partial charge in [0.25, 0.3) is 0 Å². The molecular formula is C14H14. The van der Waals surface area contributed by atoms with E-state index < -0.39 is 0 Å². The van der Waals surface area contributed by atoms with Gasteiger partial charge in [-0.2, -0.15) is 0 Å². The van der Waals surface area contributed by atoms with Gasteiger partial charge in [-0.25, -0.2) is 0 Å². The lowest BCUT2D eigenvalue weighted by molar-refractivity contribution is 0.625. The zero-order valence-electron chi connectivity index (χ0n) is 8.40. The molecular weight excluding hydrogens is 168 g/mol. The van der Waals surface area contributed by atoms with E-state index in [-0.39, 0.29) is 0 Å². The van der Waals surface area contributed by atoms with Crippen molar-refractivity contribution in [2.24, 2.45) is 5.92 Å². The fourth-order valence-electron chi connectivity index (χ4n) is 2.71. The molecule has 0 heteroatoms. The first-order chi connectivity index (χ1) is 6.84. The third-order valence-corrected chi connectivity index (χ3v) is 3.37. The van der Waals surface area contributed by atoms with Crippen LogP contribution in [0.25, 0.3) is 0 Å². The van der Waals surface area contributed by atoms with Crippen molar-refractivity contribution in [3.63, 3.8) is 0 Å². The molecule has 0 N–H and O–H groups in total. The van der Waals surface area contributed by atoms with Gasteiger partial charge in [0, 0.05) is 5.92 Å². The Morgan fingerprint density at radius 1 is 1.21 bits per heavy atom. The molecule has 0 radical (unpaired) electrons. The average molecular weight is 182 g/mol. The van der Waals surface area contributed by atoms with E-state index in [4.69, 9.17) is 0 Å². The van der Waals surface area contributed by atoms with Crippen molar-refractivity contribution >= 4 is 0 Å². The number of hydrogen-bond donors (Lipinski definition) is 0. The van der Waals surface area contributed by atoms with Gasteiger partial charge in [-0.1, -0.05) is 48.1 Å². The Hall–Kier alpha value is -1.30. The minimum Gasteiger partial charge on any atom is -0.0772 e. The van der Waals surface area contributed by atoms with E-state index >= 15 is 0 Å². The molecule has 2 atom stereocenters. The van der Waals surface area contributed by atoms with Gasteiger partial charge < -0.3 is 0 Å². The van der Waals surface area contributed by atoms with Crippen molar-refractivity contribution < 1.29 is 0 Å². The summed E-state index contributed by atoms with van der Waals surface area (Å²) < 4.78 is 0. The molecule has 1 aromatic rings. The first-order valence-corrected chi connectivity index (χ1v) is 5.29. The maximum atomic E-state index is 2.42. The smallest absolute Gasteiger partial charge is 0.00901 e. The van der Waals surface area contributed by atoms with Gasteiger partial charge in [-0.15, -0.1) is 0 Å². The molecule has 0 heterocycles. The molecule has 2 unspecified atom stereocenters. The highest BCUT2D eigenvalue weighted by Gasteiger charge is 2.29. The fourth-order valence-corrected chi connectivity index (χ4v) is 2.71. The van der Waals surface area contributed by atoms with E-state index in [1.807, 2.05) is 0 Å². The van der Waals surface area contributed by atoms with Crippen LogP contribution in [0.5, 0.6) is 0 Å². The van der Waals surface area contributed by atoms with Crippen LogP contribution in [-0.2, 0) is 6.42 Å². The zero-order chi connectivity index (χ0) is 9.54. The molecule has 2 aliphatic rings.